The number of benzene rings is 3. The number of aromatic nitrogens is 1. The Labute approximate surface area is 220 Å². The molecule has 2 heterocycles. The summed E-state index contributed by atoms with van der Waals surface area (Å²) in [6, 6.07) is 19.2. The van der Waals surface area contributed by atoms with E-state index in [4.69, 9.17) is 16.3 Å². The molecule has 1 atom stereocenters. The van der Waals surface area contributed by atoms with Crippen LogP contribution in [0.5, 0.6) is 5.75 Å². The summed E-state index contributed by atoms with van der Waals surface area (Å²) in [7, 11) is 1.53. The first-order valence-corrected chi connectivity index (χ1v) is 12.5. The van der Waals surface area contributed by atoms with Gasteiger partial charge >= 0.3 is 0 Å². The highest BCUT2D eigenvalue weighted by atomic mass is 35.5. The van der Waals surface area contributed by atoms with Crippen molar-refractivity contribution in [2.24, 2.45) is 4.99 Å². The zero-order valence-electron chi connectivity index (χ0n) is 19.9. The number of halogens is 2. The van der Waals surface area contributed by atoms with Gasteiger partial charge in [0.15, 0.2) is 4.80 Å². The van der Waals surface area contributed by atoms with Crippen molar-refractivity contribution in [1.82, 2.24) is 4.57 Å². The number of methoxy groups -OCH3 is 1. The van der Waals surface area contributed by atoms with E-state index in [1.165, 1.54) is 35.1 Å². The van der Waals surface area contributed by atoms with Gasteiger partial charge in [0.05, 0.1) is 34.0 Å². The lowest BCUT2D eigenvalue weighted by Crippen LogP contribution is -2.40. The van der Waals surface area contributed by atoms with Crippen LogP contribution in [0.3, 0.4) is 0 Å². The third-order valence-corrected chi connectivity index (χ3v) is 7.24. The molecule has 0 aliphatic carbocycles. The number of carbonyl (C=O) groups excluding carboxylic acids is 1. The lowest BCUT2D eigenvalue weighted by molar-refractivity contribution is -0.113. The number of fused-ring (bicyclic) bond motifs is 1. The van der Waals surface area contributed by atoms with Crippen molar-refractivity contribution in [3.05, 3.63) is 126 Å². The summed E-state index contributed by atoms with van der Waals surface area (Å²) in [6.45, 7) is 1.73. The highest BCUT2D eigenvalue weighted by Crippen LogP contribution is 2.31. The number of hydrogen-bond acceptors (Lipinski definition) is 5. The van der Waals surface area contributed by atoms with Gasteiger partial charge in [0.2, 0.25) is 0 Å². The van der Waals surface area contributed by atoms with Crippen LogP contribution in [0.2, 0.25) is 5.02 Å². The molecule has 1 aromatic heterocycles. The minimum absolute atomic E-state index is 0.307. The number of para-hydroxylation sites is 1. The number of nitrogens with one attached hydrogen (secondary N) is 1. The molecule has 0 spiro atoms. The van der Waals surface area contributed by atoms with Crippen LogP contribution in [0.4, 0.5) is 10.1 Å². The summed E-state index contributed by atoms with van der Waals surface area (Å²) in [5, 5.41) is 3.31. The predicted octanol–water partition coefficient (Wildman–Crippen LogP) is 4.68. The van der Waals surface area contributed by atoms with Crippen molar-refractivity contribution >= 4 is 40.6 Å². The summed E-state index contributed by atoms with van der Waals surface area (Å²) in [6.07, 6.45) is 1.72. The Balaban J connectivity index is 1.66. The number of hydrogen-bond donors (Lipinski definition) is 1. The second-order valence-electron chi connectivity index (χ2n) is 8.35. The van der Waals surface area contributed by atoms with Crippen molar-refractivity contribution < 1.29 is 13.9 Å². The number of ether oxygens (including phenoxy) is 1. The maximum absolute atomic E-state index is 13.8. The molecule has 37 heavy (non-hydrogen) atoms. The molecular weight excluding hydrogens is 513 g/mol. The molecule has 4 aromatic rings. The quantitative estimate of drug-likeness (QED) is 0.405. The van der Waals surface area contributed by atoms with Crippen molar-refractivity contribution in [3.63, 3.8) is 0 Å². The van der Waals surface area contributed by atoms with Gasteiger partial charge in [-0.2, -0.15) is 0 Å². The van der Waals surface area contributed by atoms with E-state index in [0.717, 1.165) is 0 Å². The van der Waals surface area contributed by atoms with E-state index in [0.29, 0.717) is 48.2 Å². The molecule has 1 aliphatic rings. The van der Waals surface area contributed by atoms with Gasteiger partial charge in [-0.1, -0.05) is 59.3 Å². The molecule has 1 aliphatic heterocycles. The summed E-state index contributed by atoms with van der Waals surface area (Å²) in [4.78, 5) is 32.3. The van der Waals surface area contributed by atoms with Gasteiger partial charge in [-0.15, -0.1) is 0 Å². The molecule has 0 bridgehead atoms. The lowest BCUT2D eigenvalue weighted by Gasteiger charge is -2.25. The number of carbonyl (C=O) groups is 1. The van der Waals surface area contributed by atoms with Crippen LogP contribution in [0.25, 0.3) is 6.08 Å². The minimum Gasteiger partial charge on any atom is -0.495 e. The molecule has 3 aromatic carbocycles. The molecule has 0 unspecified atom stereocenters. The predicted molar refractivity (Wildman–Crippen MR) is 143 cm³/mol. The number of rotatable bonds is 5. The maximum atomic E-state index is 13.8. The number of nitrogens with zero attached hydrogens (tertiary/aromatic N) is 2. The molecule has 186 valence electrons. The van der Waals surface area contributed by atoms with Crippen LogP contribution < -0.4 is 24.9 Å². The molecule has 0 fully saturated rings. The van der Waals surface area contributed by atoms with Crippen molar-refractivity contribution in [3.8, 4) is 5.75 Å². The Morgan fingerprint density at radius 1 is 1.14 bits per heavy atom. The van der Waals surface area contributed by atoms with E-state index < -0.39 is 17.8 Å². The Bertz CT molecular complexity index is 1710. The molecule has 1 amide bonds. The summed E-state index contributed by atoms with van der Waals surface area (Å²) >= 11 is 7.48. The fourth-order valence-corrected chi connectivity index (χ4v) is 5.53. The fraction of sp³-hybridized carbons (Fsp3) is 0.107. The van der Waals surface area contributed by atoms with Gasteiger partial charge in [-0.3, -0.25) is 14.2 Å². The number of amides is 1. The monoisotopic (exact) mass is 533 g/mol. The molecule has 9 heteroatoms. The first kappa shape index (κ1) is 24.7. The number of thiazole rings is 1. The lowest BCUT2D eigenvalue weighted by atomic mass is 9.95. The highest BCUT2D eigenvalue weighted by molar-refractivity contribution is 7.07. The van der Waals surface area contributed by atoms with Crippen molar-refractivity contribution in [2.75, 3.05) is 12.4 Å². The summed E-state index contributed by atoms with van der Waals surface area (Å²) in [5.41, 5.74) is 2.38. The molecule has 0 saturated heterocycles. The van der Waals surface area contributed by atoms with E-state index in [2.05, 4.69) is 10.3 Å². The number of allylic oxidation sites excluding steroid dienone is 1. The Morgan fingerprint density at radius 2 is 1.86 bits per heavy atom. The zero-order valence-corrected chi connectivity index (χ0v) is 21.4. The maximum Gasteiger partial charge on any atom is 0.271 e. The molecule has 6 nitrogen and oxygen atoms in total. The topological polar surface area (TPSA) is 72.7 Å². The van der Waals surface area contributed by atoms with Crippen LogP contribution in [0.1, 0.15) is 24.1 Å². The summed E-state index contributed by atoms with van der Waals surface area (Å²) < 4.78 is 20.9. The first-order chi connectivity index (χ1) is 17.9. The van der Waals surface area contributed by atoms with E-state index >= 15 is 0 Å². The van der Waals surface area contributed by atoms with Crippen LogP contribution in [0, 0.1) is 5.82 Å². The molecule has 0 saturated carbocycles. The van der Waals surface area contributed by atoms with Gasteiger partial charge in [-0.25, -0.2) is 9.38 Å². The van der Waals surface area contributed by atoms with Crippen LogP contribution in [-0.2, 0) is 4.79 Å². The van der Waals surface area contributed by atoms with E-state index in [-0.39, 0.29) is 5.56 Å². The third-order valence-electron chi connectivity index (χ3n) is 5.96. The third kappa shape index (κ3) is 4.85. The van der Waals surface area contributed by atoms with E-state index in [9.17, 15) is 14.0 Å². The zero-order chi connectivity index (χ0) is 26.1. The van der Waals surface area contributed by atoms with Crippen LogP contribution >= 0.6 is 22.9 Å². The Morgan fingerprint density at radius 3 is 2.54 bits per heavy atom. The molecule has 1 N–H and O–H groups in total. The normalized spacial score (nSPS) is 15.2. The summed E-state index contributed by atoms with van der Waals surface area (Å²) in [5.74, 6) is -0.275. The van der Waals surface area contributed by atoms with Gasteiger partial charge in [0.1, 0.15) is 11.6 Å². The van der Waals surface area contributed by atoms with Crippen molar-refractivity contribution in [2.45, 2.75) is 13.0 Å². The standard InChI is InChI=1S/C28H21ClFN3O3S/c1-16-24(26(34)32-20-6-4-3-5-7-20)25(18-9-11-19(30)12-10-18)33-27(35)23(37-28(33)31-16)15-17-8-13-22(36-2)21(29)14-17/h3-15,25H,1-2H3,(H,32,34)/b23-15+/t25-/m1/s1. The number of anilines is 1. The minimum atomic E-state index is -0.790. The van der Waals surface area contributed by atoms with E-state index in [1.807, 2.05) is 18.2 Å². The highest BCUT2D eigenvalue weighted by Gasteiger charge is 2.32. The van der Waals surface area contributed by atoms with Crippen LogP contribution in [-0.4, -0.2) is 17.6 Å². The van der Waals surface area contributed by atoms with Crippen molar-refractivity contribution in [1.29, 1.82) is 0 Å². The SMILES string of the molecule is COc1ccc(/C=c2/sc3n(c2=O)[C@H](c2ccc(F)cc2)C(C(=O)Nc2ccccc2)=C(C)N=3)cc1Cl. The van der Waals surface area contributed by atoms with Gasteiger partial charge < -0.3 is 10.1 Å². The second kappa shape index (κ2) is 10.2. The Hall–Kier alpha value is -4.01. The second-order valence-corrected chi connectivity index (χ2v) is 9.76. The average Bonchev–Trinajstić information content (AvgIpc) is 3.18. The van der Waals surface area contributed by atoms with Gasteiger partial charge in [-0.05, 0) is 60.5 Å². The fourth-order valence-electron chi connectivity index (χ4n) is 4.22. The Kier molecular flexibility index (Phi) is 6.78. The first-order valence-electron chi connectivity index (χ1n) is 11.3. The average molecular weight is 534 g/mol. The molecule has 0 radical (unpaired) electrons. The molecule has 5 rings (SSSR count). The van der Waals surface area contributed by atoms with E-state index in [1.54, 1.807) is 55.5 Å². The largest absolute Gasteiger partial charge is 0.495 e. The van der Waals surface area contributed by atoms with Gasteiger partial charge in [0.25, 0.3) is 11.5 Å². The molecular formula is C28H21ClFN3O3S. The van der Waals surface area contributed by atoms with Gasteiger partial charge in [0, 0.05) is 5.69 Å². The van der Waals surface area contributed by atoms with Crippen LogP contribution in [0.15, 0.2) is 93.9 Å². The smallest absolute Gasteiger partial charge is 0.271 e.